The van der Waals surface area contributed by atoms with Gasteiger partial charge in [-0.05, 0) is 36.2 Å². The van der Waals surface area contributed by atoms with E-state index in [1.807, 2.05) is 24.3 Å². The van der Waals surface area contributed by atoms with Gasteiger partial charge in [0.25, 0.3) is 5.91 Å². The molecule has 0 spiro atoms. The van der Waals surface area contributed by atoms with Crippen LogP contribution in [0.25, 0.3) is 0 Å². The van der Waals surface area contributed by atoms with Crippen molar-refractivity contribution in [3.05, 3.63) is 64.7 Å². The molecule has 0 aliphatic carbocycles. The zero-order valence-electron chi connectivity index (χ0n) is 13.2. The summed E-state index contributed by atoms with van der Waals surface area (Å²) in [6.07, 6.45) is -0.608. The molecule has 0 saturated heterocycles. The van der Waals surface area contributed by atoms with Crippen LogP contribution in [0.2, 0.25) is 5.02 Å². The quantitative estimate of drug-likeness (QED) is 0.842. The van der Waals surface area contributed by atoms with Crippen molar-refractivity contribution in [1.29, 1.82) is 0 Å². The Morgan fingerprint density at radius 1 is 1.17 bits per heavy atom. The molecule has 1 atom stereocenters. The highest BCUT2D eigenvalue weighted by molar-refractivity contribution is 6.30. The van der Waals surface area contributed by atoms with Crippen molar-refractivity contribution < 1.29 is 14.3 Å². The number of nitrogens with one attached hydrogen (secondary N) is 1. The number of halogens is 1. The minimum Gasteiger partial charge on any atom is -0.481 e. The Morgan fingerprint density at radius 3 is 2.61 bits per heavy atom. The number of hydrogen-bond donors (Lipinski definition) is 1. The van der Waals surface area contributed by atoms with Crippen molar-refractivity contribution in [3.8, 4) is 5.75 Å². The molecular formula is C18H20ClNO3. The molecule has 1 N–H and O–H groups in total. The van der Waals surface area contributed by atoms with Crippen molar-refractivity contribution in [1.82, 2.24) is 5.32 Å². The number of carbonyl (C=O) groups excluding carboxylic acids is 1. The average Bonchev–Trinajstić information content (AvgIpc) is 2.54. The van der Waals surface area contributed by atoms with Crippen molar-refractivity contribution in [3.63, 3.8) is 0 Å². The third-order valence-corrected chi connectivity index (χ3v) is 3.58. The molecule has 0 bridgehead atoms. The standard InChI is InChI=1S/C18H20ClNO3/c1-13(23-17-9-5-8-16(19)10-17)18(21)20-11-14-6-3-4-7-15(14)12-22-2/h3-10,13H,11-12H2,1-2H3,(H,20,21). The summed E-state index contributed by atoms with van der Waals surface area (Å²) < 4.78 is 10.8. The van der Waals surface area contributed by atoms with Crippen molar-refractivity contribution in [2.45, 2.75) is 26.2 Å². The summed E-state index contributed by atoms with van der Waals surface area (Å²) in [4.78, 5) is 12.2. The van der Waals surface area contributed by atoms with E-state index >= 15 is 0 Å². The summed E-state index contributed by atoms with van der Waals surface area (Å²) in [6.45, 7) is 2.65. The van der Waals surface area contributed by atoms with Gasteiger partial charge in [0.1, 0.15) is 5.75 Å². The maximum Gasteiger partial charge on any atom is 0.261 e. The zero-order valence-corrected chi connectivity index (χ0v) is 14.0. The van der Waals surface area contributed by atoms with Crippen LogP contribution in [-0.2, 0) is 22.7 Å². The van der Waals surface area contributed by atoms with E-state index in [-0.39, 0.29) is 5.91 Å². The van der Waals surface area contributed by atoms with E-state index in [0.717, 1.165) is 11.1 Å². The molecular weight excluding hydrogens is 314 g/mol. The van der Waals surface area contributed by atoms with E-state index in [0.29, 0.717) is 23.9 Å². The molecule has 0 saturated carbocycles. The van der Waals surface area contributed by atoms with Crippen LogP contribution in [0.4, 0.5) is 0 Å². The van der Waals surface area contributed by atoms with E-state index in [2.05, 4.69) is 5.32 Å². The van der Waals surface area contributed by atoms with Gasteiger partial charge in [-0.25, -0.2) is 0 Å². The average molecular weight is 334 g/mol. The Hall–Kier alpha value is -2.04. The topological polar surface area (TPSA) is 47.6 Å². The first-order valence-corrected chi connectivity index (χ1v) is 7.73. The fraction of sp³-hybridized carbons (Fsp3) is 0.278. The van der Waals surface area contributed by atoms with Crippen LogP contribution in [0.1, 0.15) is 18.1 Å². The molecule has 0 aliphatic rings. The second-order valence-electron chi connectivity index (χ2n) is 5.14. The molecule has 0 aromatic heterocycles. The first-order valence-electron chi connectivity index (χ1n) is 7.36. The lowest BCUT2D eigenvalue weighted by molar-refractivity contribution is -0.127. The van der Waals surface area contributed by atoms with Crippen LogP contribution in [0.3, 0.4) is 0 Å². The van der Waals surface area contributed by atoms with Gasteiger partial charge >= 0.3 is 0 Å². The lowest BCUT2D eigenvalue weighted by Crippen LogP contribution is -2.36. The van der Waals surface area contributed by atoms with Crippen LogP contribution in [0.15, 0.2) is 48.5 Å². The molecule has 1 amide bonds. The van der Waals surface area contributed by atoms with E-state index in [4.69, 9.17) is 21.1 Å². The van der Waals surface area contributed by atoms with Gasteiger partial charge in [0.2, 0.25) is 0 Å². The Morgan fingerprint density at radius 2 is 1.91 bits per heavy atom. The van der Waals surface area contributed by atoms with Gasteiger partial charge < -0.3 is 14.8 Å². The van der Waals surface area contributed by atoms with Gasteiger partial charge in [-0.3, -0.25) is 4.79 Å². The monoisotopic (exact) mass is 333 g/mol. The number of ether oxygens (including phenoxy) is 2. The van der Waals surface area contributed by atoms with E-state index < -0.39 is 6.10 Å². The SMILES string of the molecule is COCc1ccccc1CNC(=O)C(C)Oc1cccc(Cl)c1. The number of amides is 1. The minimum atomic E-state index is -0.608. The third kappa shape index (κ3) is 5.27. The summed E-state index contributed by atoms with van der Waals surface area (Å²) in [5, 5.41) is 3.45. The van der Waals surface area contributed by atoms with Crippen LogP contribution in [0, 0.1) is 0 Å². The number of rotatable bonds is 7. The van der Waals surface area contributed by atoms with Crippen LogP contribution in [-0.4, -0.2) is 19.1 Å². The molecule has 0 aliphatic heterocycles. The second-order valence-corrected chi connectivity index (χ2v) is 5.57. The molecule has 5 heteroatoms. The number of benzene rings is 2. The lowest BCUT2D eigenvalue weighted by atomic mass is 10.1. The normalized spacial score (nSPS) is 11.8. The fourth-order valence-electron chi connectivity index (χ4n) is 2.15. The van der Waals surface area contributed by atoms with E-state index in [1.54, 1.807) is 38.3 Å². The molecule has 122 valence electrons. The largest absolute Gasteiger partial charge is 0.481 e. The highest BCUT2D eigenvalue weighted by Gasteiger charge is 2.15. The number of carbonyl (C=O) groups is 1. The summed E-state index contributed by atoms with van der Waals surface area (Å²) in [5.74, 6) is 0.386. The minimum absolute atomic E-state index is 0.183. The molecule has 0 radical (unpaired) electrons. The van der Waals surface area contributed by atoms with Crippen LogP contribution in [0.5, 0.6) is 5.75 Å². The second kappa shape index (κ2) is 8.56. The number of hydrogen-bond acceptors (Lipinski definition) is 3. The Balaban J connectivity index is 1.91. The summed E-state index contributed by atoms with van der Waals surface area (Å²) in [5.41, 5.74) is 2.08. The third-order valence-electron chi connectivity index (χ3n) is 3.35. The fourth-order valence-corrected chi connectivity index (χ4v) is 2.33. The number of methoxy groups -OCH3 is 1. The summed E-state index contributed by atoms with van der Waals surface area (Å²) >= 11 is 5.90. The van der Waals surface area contributed by atoms with Crippen molar-refractivity contribution in [2.75, 3.05) is 7.11 Å². The first-order chi connectivity index (χ1) is 11.1. The molecule has 1 unspecified atom stereocenters. The van der Waals surface area contributed by atoms with Crippen LogP contribution < -0.4 is 10.1 Å². The predicted molar refractivity (Wildman–Crippen MR) is 90.5 cm³/mol. The molecule has 2 rings (SSSR count). The van der Waals surface area contributed by atoms with Crippen LogP contribution >= 0.6 is 11.6 Å². The van der Waals surface area contributed by atoms with E-state index in [9.17, 15) is 4.79 Å². The first kappa shape index (κ1) is 17.3. The van der Waals surface area contributed by atoms with Gasteiger partial charge in [0.15, 0.2) is 6.10 Å². The summed E-state index contributed by atoms with van der Waals surface area (Å²) in [7, 11) is 1.65. The highest BCUT2D eigenvalue weighted by atomic mass is 35.5. The van der Waals surface area contributed by atoms with Gasteiger partial charge in [0.05, 0.1) is 6.61 Å². The van der Waals surface area contributed by atoms with E-state index in [1.165, 1.54) is 0 Å². The van der Waals surface area contributed by atoms with Gasteiger partial charge in [-0.1, -0.05) is 41.9 Å². The maximum atomic E-state index is 12.2. The summed E-state index contributed by atoms with van der Waals surface area (Å²) in [6, 6.07) is 14.8. The molecule has 23 heavy (non-hydrogen) atoms. The van der Waals surface area contributed by atoms with Crippen molar-refractivity contribution in [2.24, 2.45) is 0 Å². The molecule has 2 aromatic carbocycles. The van der Waals surface area contributed by atoms with Gasteiger partial charge in [0, 0.05) is 18.7 Å². The van der Waals surface area contributed by atoms with Crippen molar-refractivity contribution >= 4 is 17.5 Å². The highest BCUT2D eigenvalue weighted by Crippen LogP contribution is 2.18. The molecule has 2 aromatic rings. The smallest absolute Gasteiger partial charge is 0.261 e. The molecule has 0 fully saturated rings. The zero-order chi connectivity index (χ0) is 16.7. The Kier molecular flexibility index (Phi) is 6.44. The lowest BCUT2D eigenvalue weighted by Gasteiger charge is -2.16. The Labute approximate surface area is 141 Å². The maximum absolute atomic E-state index is 12.2. The van der Waals surface area contributed by atoms with Gasteiger partial charge in [-0.2, -0.15) is 0 Å². The Bertz CT molecular complexity index is 660. The molecule has 4 nitrogen and oxygen atoms in total. The molecule has 0 heterocycles. The van der Waals surface area contributed by atoms with Gasteiger partial charge in [-0.15, -0.1) is 0 Å². The predicted octanol–water partition coefficient (Wildman–Crippen LogP) is 3.57.